The van der Waals surface area contributed by atoms with Crippen LogP contribution in [0.15, 0.2) is 18.2 Å². The highest BCUT2D eigenvalue weighted by Crippen LogP contribution is 2.31. The molecule has 2 nitrogen and oxygen atoms in total. The molecule has 0 unspecified atom stereocenters. The first-order valence-electron chi connectivity index (χ1n) is 5.95. The summed E-state index contributed by atoms with van der Waals surface area (Å²) in [7, 11) is 3.68. The largest absolute Gasteiger partial charge is 0.496 e. The van der Waals surface area contributed by atoms with Crippen LogP contribution in [-0.4, -0.2) is 20.7 Å². The Morgan fingerprint density at radius 3 is 2.65 bits per heavy atom. The second kappa shape index (κ2) is 6.27. The summed E-state index contributed by atoms with van der Waals surface area (Å²) in [6, 6.07) is 5.80. The van der Waals surface area contributed by atoms with Crippen LogP contribution in [0.3, 0.4) is 0 Å². The predicted molar refractivity (Wildman–Crippen MR) is 74.0 cm³/mol. The minimum atomic E-state index is 0.237. The fourth-order valence-electron chi connectivity index (χ4n) is 1.95. The molecule has 1 N–H and O–H groups in total. The van der Waals surface area contributed by atoms with E-state index in [9.17, 15) is 0 Å². The van der Waals surface area contributed by atoms with Crippen molar-refractivity contribution in [3.05, 3.63) is 28.8 Å². The van der Waals surface area contributed by atoms with Crippen LogP contribution in [0.1, 0.15) is 25.8 Å². The Hall–Kier alpha value is -0.730. The molecule has 0 saturated heterocycles. The zero-order chi connectivity index (χ0) is 12.9. The van der Waals surface area contributed by atoms with Gasteiger partial charge in [0.05, 0.1) is 7.11 Å². The van der Waals surface area contributed by atoms with Gasteiger partial charge in [-0.15, -0.1) is 0 Å². The zero-order valence-corrected chi connectivity index (χ0v) is 11.9. The molecule has 1 rings (SSSR count). The van der Waals surface area contributed by atoms with Gasteiger partial charge in [-0.1, -0.05) is 25.4 Å². The molecule has 1 aromatic rings. The molecule has 0 heterocycles. The predicted octanol–water partition coefficient (Wildman–Crippen LogP) is 3.53. The van der Waals surface area contributed by atoms with Gasteiger partial charge in [-0.05, 0) is 55.6 Å². The van der Waals surface area contributed by atoms with Gasteiger partial charge < -0.3 is 10.1 Å². The number of benzene rings is 1. The maximum Gasteiger partial charge on any atom is 0.122 e. The molecule has 17 heavy (non-hydrogen) atoms. The van der Waals surface area contributed by atoms with E-state index in [0.717, 1.165) is 30.2 Å². The van der Waals surface area contributed by atoms with Crippen molar-refractivity contribution in [1.29, 1.82) is 0 Å². The summed E-state index contributed by atoms with van der Waals surface area (Å²) in [6.45, 7) is 5.56. The molecule has 1 aromatic carbocycles. The van der Waals surface area contributed by atoms with E-state index in [1.807, 2.05) is 25.2 Å². The fraction of sp³-hybridized carbons (Fsp3) is 0.571. The van der Waals surface area contributed by atoms with Crippen LogP contribution in [-0.2, 0) is 6.42 Å². The van der Waals surface area contributed by atoms with Crippen LogP contribution in [0.5, 0.6) is 5.75 Å². The van der Waals surface area contributed by atoms with Crippen molar-refractivity contribution in [3.8, 4) is 5.75 Å². The molecule has 0 radical (unpaired) electrons. The summed E-state index contributed by atoms with van der Waals surface area (Å²) in [6.07, 6.45) is 2.09. The lowest BCUT2D eigenvalue weighted by atomic mass is 9.82. The highest BCUT2D eigenvalue weighted by molar-refractivity contribution is 6.30. The normalized spacial score (nSPS) is 11.6. The minimum absolute atomic E-state index is 0.237. The fourth-order valence-corrected chi connectivity index (χ4v) is 2.15. The maximum atomic E-state index is 6.04. The number of rotatable bonds is 6. The SMILES string of the molecule is CNCCC(C)(C)Cc1cc(Cl)ccc1OC. The van der Waals surface area contributed by atoms with E-state index < -0.39 is 0 Å². The Morgan fingerprint density at radius 2 is 2.06 bits per heavy atom. The Labute approximate surface area is 109 Å². The van der Waals surface area contributed by atoms with Crippen molar-refractivity contribution in [1.82, 2.24) is 5.32 Å². The lowest BCUT2D eigenvalue weighted by Gasteiger charge is -2.25. The topological polar surface area (TPSA) is 21.3 Å². The van der Waals surface area contributed by atoms with Gasteiger partial charge in [-0.3, -0.25) is 0 Å². The van der Waals surface area contributed by atoms with Gasteiger partial charge in [0.1, 0.15) is 5.75 Å². The van der Waals surface area contributed by atoms with Gasteiger partial charge in [0, 0.05) is 5.02 Å². The van der Waals surface area contributed by atoms with Crippen molar-refractivity contribution in [2.45, 2.75) is 26.7 Å². The summed E-state index contributed by atoms with van der Waals surface area (Å²) < 4.78 is 5.38. The van der Waals surface area contributed by atoms with Crippen LogP contribution in [0.25, 0.3) is 0 Å². The first kappa shape index (κ1) is 14.3. The summed E-state index contributed by atoms with van der Waals surface area (Å²) in [5.41, 5.74) is 1.42. The Bertz CT molecular complexity index is 363. The molecule has 0 spiro atoms. The molecule has 0 aliphatic rings. The third-order valence-electron chi connectivity index (χ3n) is 2.96. The molecule has 0 atom stereocenters. The van der Waals surface area contributed by atoms with Gasteiger partial charge in [-0.25, -0.2) is 0 Å². The van der Waals surface area contributed by atoms with Gasteiger partial charge >= 0.3 is 0 Å². The minimum Gasteiger partial charge on any atom is -0.496 e. The Balaban J connectivity index is 2.82. The van der Waals surface area contributed by atoms with E-state index in [1.54, 1.807) is 7.11 Å². The number of nitrogens with one attached hydrogen (secondary N) is 1. The number of hydrogen-bond acceptors (Lipinski definition) is 2. The van der Waals surface area contributed by atoms with E-state index in [0.29, 0.717) is 0 Å². The Kier molecular flexibility index (Phi) is 5.29. The van der Waals surface area contributed by atoms with Gasteiger partial charge in [0.2, 0.25) is 0 Å². The molecule has 3 heteroatoms. The molecular formula is C14H22ClNO. The second-order valence-electron chi connectivity index (χ2n) is 5.15. The van der Waals surface area contributed by atoms with Crippen molar-refractivity contribution in [2.75, 3.05) is 20.7 Å². The van der Waals surface area contributed by atoms with Gasteiger partial charge in [0.25, 0.3) is 0 Å². The van der Waals surface area contributed by atoms with Gasteiger partial charge in [0.15, 0.2) is 0 Å². The molecule has 0 fully saturated rings. The highest BCUT2D eigenvalue weighted by atomic mass is 35.5. The van der Waals surface area contributed by atoms with Crippen molar-refractivity contribution >= 4 is 11.6 Å². The lowest BCUT2D eigenvalue weighted by Crippen LogP contribution is -2.22. The third-order valence-corrected chi connectivity index (χ3v) is 3.20. The van der Waals surface area contributed by atoms with E-state index >= 15 is 0 Å². The van der Waals surface area contributed by atoms with Crippen LogP contribution in [0, 0.1) is 5.41 Å². The zero-order valence-electron chi connectivity index (χ0n) is 11.1. The van der Waals surface area contributed by atoms with Crippen molar-refractivity contribution in [2.24, 2.45) is 5.41 Å². The first-order valence-corrected chi connectivity index (χ1v) is 6.33. The molecule has 0 amide bonds. The van der Waals surface area contributed by atoms with Crippen LogP contribution < -0.4 is 10.1 Å². The highest BCUT2D eigenvalue weighted by Gasteiger charge is 2.20. The van der Waals surface area contributed by atoms with Crippen LogP contribution in [0.4, 0.5) is 0 Å². The van der Waals surface area contributed by atoms with Crippen LogP contribution in [0.2, 0.25) is 5.02 Å². The smallest absolute Gasteiger partial charge is 0.122 e. The number of ether oxygens (including phenoxy) is 1. The molecule has 0 aromatic heterocycles. The Morgan fingerprint density at radius 1 is 1.35 bits per heavy atom. The number of halogens is 1. The standard InChI is InChI=1S/C14H22ClNO/c1-14(2,7-8-16-3)10-11-9-12(15)5-6-13(11)17-4/h5-6,9,16H,7-8,10H2,1-4H3. The molecule has 0 aliphatic heterocycles. The maximum absolute atomic E-state index is 6.04. The monoisotopic (exact) mass is 255 g/mol. The summed E-state index contributed by atoms with van der Waals surface area (Å²) >= 11 is 6.04. The summed E-state index contributed by atoms with van der Waals surface area (Å²) in [5, 5.41) is 3.96. The molecule has 0 saturated carbocycles. The molecule has 96 valence electrons. The quantitative estimate of drug-likeness (QED) is 0.840. The molecule has 0 bridgehead atoms. The average molecular weight is 256 g/mol. The van der Waals surface area contributed by atoms with E-state index in [2.05, 4.69) is 19.2 Å². The van der Waals surface area contributed by atoms with E-state index in [4.69, 9.17) is 16.3 Å². The van der Waals surface area contributed by atoms with Crippen LogP contribution >= 0.6 is 11.6 Å². The van der Waals surface area contributed by atoms with Crippen molar-refractivity contribution < 1.29 is 4.74 Å². The first-order chi connectivity index (χ1) is 7.98. The molecule has 0 aliphatic carbocycles. The van der Waals surface area contributed by atoms with E-state index in [1.165, 1.54) is 5.56 Å². The summed E-state index contributed by atoms with van der Waals surface area (Å²) in [5.74, 6) is 0.923. The third kappa shape index (κ3) is 4.57. The summed E-state index contributed by atoms with van der Waals surface area (Å²) in [4.78, 5) is 0. The van der Waals surface area contributed by atoms with Crippen molar-refractivity contribution in [3.63, 3.8) is 0 Å². The molecular weight excluding hydrogens is 234 g/mol. The second-order valence-corrected chi connectivity index (χ2v) is 5.59. The number of methoxy groups -OCH3 is 1. The number of hydrogen-bond donors (Lipinski definition) is 1. The van der Waals surface area contributed by atoms with Gasteiger partial charge in [-0.2, -0.15) is 0 Å². The average Bonchev–Trinajstić information content (AvgIpc) is 2.26. The van der Waals surface area contributed by atoms with E-state index in [-0.39, 0.29) is 5.41 Å². The lowest BCUT2D eigenvalue weighted by molar-refractivity contribution is 0.321.